The van der Waals surface area contributed by atoms with Crippen molar-refractivity contribution in [2.75, 3.05) is 5.32 Å². The van der Waals surface area contributed by atoms with Crippen molar-refractivity contribution in [1.82, 2.24) is 14.8 Å². The van der Waals surface area contributed by atoms with Gasteiger partial charge in [-0.15, -0.1) is 0 Å². The fourth-order valence-electron chi connectivity index (χ4n) is 2.05. The molecule has 0 radical (unpaired) electrons. The first kappa shape index (κ1) is 12.0. The second kappa shape index (κ2) is 4.90. The molecule has 96 valence electrons. The molecule has 0 atom stereocenters. The van der Waals surface area contributed by atoms with Gasteiger partial charge < -0.3 is 5.32 Å². The highest BCUT2D eigenvalue weighted by atomic mass is 35.5. The predicted octanol–water partition coefficient (Wildman–Crippen LogP) is 3.23. The maximum atomic E-state index is 6.13. The summed E-state index contributed by atoms with van der Waals surface area (Å²) >= 11 is 6.13. The molecule has 0 amide bonds. The summed E-state index contributed by atoms with van der Waals surface area (Å²) in [6, 6.07) is 7.72. The number of anilines is 1. The van der Waals surface area contributed by atoms with Crippen molar-refractivity contribution in [2.45, 2.75) is 6.54 Å². The maximum absolute atomic E-state index is 6.13. The van der Waals surface area contributed by atoms with Crippen molar-refractivity contribution in [2.24, 2.45) is 7.05 Å². The zero-order valence-corrected chi connectivity index (χ0v) is 11.2. The van der Waals surface area contributed by atoms with E-state index in [-0.39, 0.29) is 0 Å². The highest BCUT2D eigenvalue weighted by molar-refractivity contribution is 6.31. The number of aryl methyl sites for hydroxylation is 1. The molecule has 0 bridgehead atoms. The topological polar surface area (TPSA) is 42.7 Å². The zero-order valence-electron chi connectivity index (χ0n) is 10.5. The smallest absolute Gasteiger partial charge is 0.0934 e. The van der Waals surface area contributed by atoms with Gasteiger partial charge in [0, 0.05) is 42.0 Å². The minimum atomic E-state index is 0.694. The predicted molar refractivity (Wildman–Crippen MR) is 77.3 cm³/mol. The fourth-order valence-corrected chi connectivity index (χ4v) is 2.28. The molecule has 0 spiro atoms. The summed E-state index contributed by atoms with van der Waals surface area (Å²) < 4.78 is 1.78. The van der Waals surface area contributed by atoms with Gasteiger partial charge in [-0.25, -0.2) is 0 Å². The van der Waals surface area contributed by atoms with Crippen molar-refractivity contribution >= 4 is 28.2 Å². The van der Waals surface area contributed by atoms with Gasteiger partial charge >= 0.3 is 0 Å². The van der Waals surface area contributed by atoms with E-state index in [1.54, 1.807) is 10.9 Å². The van der Waals surface area contributed by atoms with Crippen LogP contribution in [-0.2, 0) is 13.6 Å². The second-order valence-electron chi connectivity index (χ2n) is 4.40. The Kier molecular flexibility index (Phi) is 3.09. The van der Waals surface area contributed by atoms with E-state index in [2.05, 4.69) is 15.4 Å². The van der Waals surface area contributed by atoms with Crippen LogP contribution in [0.25, 0.3) is 10.9 Å². The van der Waals surface area contributed by atoms with Gasteiger partial charge in [0.1, 0.15) is 0 Å². The zero-order chi connectivity index (χ0) is 13.2. The van der Waals surface area contributed by atoms with Gasteiger partial charge in [0.15, 0.2) is 0 Å². The molecule has 0 aliphatic heterocycles. The molecule has 3 rings (SSSR count). The second-order valence-corrected chi connectivity index (χ2v) is 4.84. The normalized spacial score (nSPS) is 10.8. The van der Waals surface area contributed by atoms with Crippen molar-refractivity contribution in [3.05, 3.63) is 53.4 Å². The fraction of sp³-hybridized carbons (Fsp3) is 0.143. The van der Waals surface area contributed by atoms with Gasteiger partial charge in [0.25, 0.3) is 0 Å². The molecule has 0 fully saturated rings. The van der Waals surface area contributed by atoms with Crippen molar-refractivity contribution < 1.29 is 0 Å². The maximum Gasteiger partial charge on any atom is 0.0934 e. The molecule has 0 unspecified atom stereocenters. The summed E-state index contributed by atoms with van der Waals surface area (Å²) in [5, 5.41) is 9.24. The molecular weight excluding hydrogens is 260 g/mol. The lowest BCUT2D eigenvalue weighted by molar-refractivity contribution is 0.767. The third-order valence-corrected chi connectivity index (χ3v) is 3.13. The molecule has 0 aliphatic rings. The highest BCUT2D eigenvalue weighted by Gasteiger charge is 2.04. The van der Waals surface area contributed by atoms with E-state index in [0.29, 0.717) is 11.6 Å². The lowest BCUT2D eigenvalue weighted by Crippen LogP contribution is -2.00. The number of hydrogen-bond donors (Lipinski definition) is 1. The Morgan fingerprint density at radius 1 is 1.37 bits per heavy atom. The molecule has 2 heterocycles. The minimum Gasteiger partial charge on any atom is -0.379 e. The average Bonchev–Trinajstić information content (AvgIpc) is 2.81. The SMILES string of the molecule is Cn1cc(CNc2cc(Cl)cc3cccnc23)cn1. The van der Waals surface area contributed by atoms with E-state index in [9.17, 15) is 0 Å². The highest BCUT2D eigenvalue weighted by Crippen LogP contribution is 2.26. The number of aromatic nitrogens is 3. The van der Waals surface area contributed by atoms with Gasteiger partial charge in [-0.2, -0.15) is 5.10 Å². The van der Waals surface area contributed by atoms with E-state index in [1.165, 1.54) is 0 Å². The summed E-state index contributed by atoms with van der Waals surface area (Å²) in [6.07, 6.45) is 5.60. The number of pyridine rings is 1. The number of nitrogens with one attached hydrogen (secondary N) is 1. The van der Waals surface area contributed by atoms with Crippen LogP contribution in [0.2, 0.25) is 5.02 Å². The molecule has 1 N–H and O–H groups in total. The molecule has 19 heavy (non-hydrogen) atoms. The van der Waals surface area contributed by atoms with E-state index >= 15 is 0 Å². The lowest BCUT2D eigenvalue weighted by Gasteiger charge is -2.08. The van der Waals surface area contributed by atoms with Gasteiger partial charge in [-0.1, -0.05) is 17.7 Å². The molecule has 4 nitrogen and oxygen atoms in total. The van der Waals surface area contributed by atoms with Crippen LogP contribution >= 0.6 is 11.6 Å². The van der Waals surface area contributed by atoms with E-state index in [1.807, 2.05) is 43.7 Å². The number of benzene rings is 1. The van der Waals surface area contributed by atoms with Gasteiger partial charge in [-0.3, -0.25) is 9.67 Å². The number of rotatable bonds is 3. The molecule has 1 aromatic carbocycles. The number of fused-ring (bicyclic) bond motifs is 1. The van der Waals surface area contributed by atoms with Crippen molar-refractivity contribution in [3.63, 3.8) is 0 Å². The van der Waals surface area contributed by atoms with Crippen LogP contribution in [0.1, 0.15) is 5.56 Å². The lowest BCUT2D eigenvalue weighted by atomic mass is 10.2. The molecule has 0 saturated heterocycles. The Morgan fingerprint density at radius 2 is 2.26 bits per heavy atom. The van der Waals surface area contributed by atoms with E-state index < -0.39 is 0 Å². The molecule has 0 saturated carbocycles. The first-order chi connectivity index (χ1) is 9.22. The van der Waals surface area contributed by atoms with Crippen LogP contribution in [0.15, 0.2) is 42.9 Å². The van der Waals surface area contributed by atoms with Crippen molar-refractivity contribution in [1.29, 1.82) is 0 Å². The Bertz CT molecular complexity index is 720. The average molecular weight is 273 g/mol. The first-order valence-corrected chi connectivity index (χ1v) is 6.36. The number of halogens is 1. The summed E-state index contributed by atoms with van der Waals surface area (Å²) in [7, 11) is 1.90. The summed E-state index contributed by atoms with van der Waals surface area (Å²) in [5.74, 6) is 0. The molecule has 2 aromatic heterocycles. The monoisotopic (exact) mass is 272 g/mol. The van der Waals surface area contributed by atoms with E-state index in [0.717, 1.165) is 22.2 Å². The van der Waals surface area contributed by atoms with Crippen LogP contribution in [0, 0.1) is 0 Å². The van der Waals surface area contributed by atoms with Gasteiger partial charge in [-0.05, 0) is 18.2 Å². The van der Waals surface area contributed by atoms with Crippen LogP contribution < -0.4 is 5.32 Å². The third kappa shape index (κ3) is 2.53. The Balaban J connectivity index is 1.91. The van der Waals surface area contributed by atoms with Crippen LogP contribution in [0.4, 0.5) is 5.69 Å². The van der Waals surface area contributed by atoms with Gasteiger partial charge in [0.05, 0.1) is 17.4 Å². The molecular formula is C14H13ClN4. The van der Waals surface area contributed by atoms with Crippen molar-refractivity contribution in [3.8, 4) is 0 Å². The summed E-state index contributed by atoms with van der Waals surface area (Å²) in [6.45, 7) is 0.694. The minimum absolute atomic E-state index is 0.694. The number of nitrogens with zero attached hydrogens (tertiary/aromatic N) is 3. The summed E-state index contributed by atoms with van der Waals surface area (Å²) in [4.78, 5) is 4.40. The number of hydrogen-bond acceptors (Lipinski definition) is 3. The first-order valence-electron chi connectivity index (χ1n) is 5.98. The van der Waals surface area contributed by atoms with Crippen LogP contribution in [-0.4, -0.2) is 14.8 Å². The Morgan fingerprint density at radius 3 is 3.05 bits per heavy atom. The molecule has 0 aliphatic carbocycles. The molecule has 5 heteroatoms. The Labute approximate surface area is 116 Å². The van der Waals surface area contributed by atoms with Crippen LogP contribution in [0.5, 0.6) is 0 Å². The third-order valence-electron chi connectivity index (χ3n) is 2.91. The molecule has 3 aromatic rings. The quantitative estimate of drug-likeness (QED) is 0.796. The van der Waals surface area contributed by atoms with E-state index in [4.69, 9.17) is 11.6 Å². The van der Waals surface area contributed by atoms with Crippen LogP contribution in [0.3, 0.4) is 0 Å². The standard InChI is InChI=1S/C14H13ClN4/c1-19-9-10(8-18-19)7-17-13-6-12(15)5-11-3-2-4-16-14(11)13/h2-6,8-9,17H,7H2,1H3. The largest absolute Gasteiger partial charge is 0.379 e. The summed E-state index contributed by atoms with van der Waals surface area (Å²) in [5.41, 5.74) is 2.98. The Hall–Kier alpha value is -2.07. The van der Waals surface area contributed by atoms with Gasteiger partial charge in [0.2, 0.25) is 0 Å².